The number of carbonyl (C=O) groups excluding carboxylic acids is 2. The molecule has 1 aliphatic rings. The van der Waals surface area contributed by atoms with Gasteiger partial charge >= 0.3 is 12.1 Å². The normalized spacial score (nSPS) is 16.7. The van der Waals surface area contributed by atoms with Crippen molar-refractivity contribution in [1.29, 1.82) is 0 Å². The molecule has 4 heterocycles. The number of piperazine rings is 1. The number of rotatable bonds is 6. The van der Waals surface area contributed by atoms with E-state index in [1.165, 1.54) is 13.4 Å². The molecule has 1 saturated heterocycles. The van der Waals surface area contributed by atoms with Gasteiger partial charge in [-0.1, -0.05) is 0 Å². The van der Waals surface area contributed by atoms with Gasteiger partial charge in [0.2, 0.25) is 5.88 Å². The molecule has 14 heteroatoms. The summed E-state index contributed by atoms with van der Waals surface area (Å²) in [6.07, 6.45) is 6.14. The number of fused-ring (bicyclic) bond motifs is 2. The average molecular weight is 640 g/mol. The number of hydrogen-bond donors (Lipinski definition) is 1. The van der Waals surface area contributed by atoms with E-state index < -0.39 is 5.60 Å². The molecule has 1 fully saturated rings. The van der Waals surface area contributed by atoms with Crippen LogP contribution in [0, 0.1) is 0 Å². The Labute approximate surface area is 271 Å². The molecule has 1 N–H and O–H groups in total. The minimum absolute atomic E-state index is 0.132. The van der Waals surface area contributed by atoms with E-state index in [1.54, 1.807) is 40.2 Å². The first-order valence-corrected chi connectivity index (χ1v) is 15.2. The highest BCUT2D eigenvalue weighted by molar-refractivity contribution is 6.14. The fourth-order valence-corrected chi connectivity index (χ4v) is 5.86. The summed E-state index contributed by atoms with van der Waals surface area (Å²) in [5.74, 6) is 0.390. The van der Waals surface area contributed by atoms with Crippen LogP contribution in [-0.2, 0) is 11.8 Å². The number of nitrogens with one attached hydrogen (secondary N) is 1. The van der Waals surface area contributed by atoms with Crippen molar-refractivity contribution in [3.8, 4) is 17.6 Å². The van der Waals surface area contributed by atoms with Crippen molar-refractivity contribution < 1.29 is 23.8 Å². The lowest BCUT2D eigenvalue weighted by Gasteiger charge is -2.45. The van der Waals surface area contributed by atoms with Crippen LogP contribution in [-0.4, -0.2) is 84.5 Å². The molecule has 2 atom stereocenters. The van der Waals surface area contributed by atoms with Gasteiger partial charge in [-0.2, -0.15) is 10.1 Å². The van der Waals surface area contributed by atoms with Gasteiger partial charge in [0, 0.05) is 73.0 Å². The van der Waals surface area contributed by atoms with Crippen LogP contribution in [0.3, 0.4) is 0 Å². The quantitative estimate of drug-likeness (QED) is 0.261. The van der Waals surface area contributed by atoms with E-state index in [9.17, 15) is 9.59 Å². The second-order valence-electron chi connectivity index (χ2n) is 12.6. The summed E-state index contributed by atoms with van der Waals surface area (Å²) in [6.45, 7) is 10.7. The fourth-order valence-electron chi connectivity index (χ4n) is 5.86. The van der Waals surface area contributed by atoms with E-state index in [4.69, 9.17) is 14.2 Å². The van der Waals surface area contributed by atoms with Gasteiger partial charge in [-0.05, 0) is 52.8 Å². The molecule has 0 radical (unpaired) electrons. The summed E-state index contributed by atoms with van der Waals surface area (Å²) in [6, 6.07) is 8.68. The van der Waals surface area contributed by atoms with Gasteiger partial charge < -0.3 is 24.4 Å². The lowest BCUT2D eigenvalue weighted by Crippen LogP contribution is -2.59. The number of anilines is 2. The van der Waals surface area contributed by atoms with Gasteiger partial charge in [0.25, 0.3) is 5.91 Å². The number of hydrogen-bond acceptors (Lipinski definition) is 11. The van der Waals surface area contributed by atoms with Gasteiger partial charge in [-0.3, -0.25) is 14.4 Å². The first-order valence-electron chi connectivity index (χ1n) is 15.2. The second-order valence-corrected chi connectivity index (χ2v) is 12.6. The third-order valence-corrected chi connectivity index (χ3v) is 7.71. The van der Waals surface area contributed by atoms with Crippen molar-refractivity contribution in [1.82, 2.24) is 34.6 Å². The Morgan fingerprint density at radius 3 is 2.47 bits per heavy atom. The number of methoxy groups -OCH3 is 1. The number of carbonyl (C=O) groups is 2. The van der Waals surface area contributed by atoms with Crippen LogP contribution in [0.15, 0.2) is 55.2 Å². The molecular formula is C33H37N9O5. The summed E-state index contributed by atoms with van der Waals surface area (Å²) in [4.78, 5) is 47.9. The summed E-state index contributed by atoms with van der Waals surface area (Å²) in [7, 11) is 3.29. The zero-order valence-corrected chi connectivity index (χ0v) is 27.4. The number of aromatic nitrogens is 6. The predicted molar refractivity (Wildman–Crippen MR) is 176 cm³/mol. The Hall–Kier alpha value is -5.53. The smallest absolute Gasteiger partial charge is 0.410 e. The van der Waals surface area contributed by atoms with Crippen LogP contribution in [0.1, 0.15) is 45.0 Å². The van der Waals surface area contributed by atoms with Gasteiger partial charge in [0.05, 0.1) is 30.3 Å². The Kier molecular flexibility index (Phi) is 8.26. The topological polar surface area (TPSA) is 150 Å². The maximum atomic E-state index is 13.9. The molecule has 3 aromatic heterocycles. The molecule has 47 heavy (non-hydrogen) atoms. The Morgan fingerprint density at radius 2 is 1.79 bits per heavy atom. The van der Waals surface area contributed by atoms with Gasteiger partial charge in [-0.15, -0.1) is 0 Å². The molecule has 14 nitrogen and oxygen atoms in total. The van der Waals surface area contributed by atoms with E-state index in [1.807, 2.05) is 60.0 Å². The van der Waals surface area contributed by atoms with E-state index in [-0.39, 0.29) is 30.1 Å². The van der Waals surface area contributed by atoms with Gasteiger partial charge in [0.15, 0.2) is 5.75 Å². The van der Waals surface area contributed by atoms with Gasteiger partial charge in [-0.25, -0.2) is 19.7 Å². The summed E-state index contributed by atoms with van der Waals surface area (Å²) < 4.78 is 18.7. The number of aryl methyl sites for hydroxylation is 1. The van der Waals surface area contributed by atoms with Crippen LogP contribution in [0.2, 0.25) is 0 Å². The van der Waals surface area contributed by atoms with Crippen LogP contribution in [0.5, 0.6) is 17.6 Å². The molecule has 1 aliphatic heterocycles. The average Bonchev–Trinajstić information content (AvgIpc) is 3.39. The predicted octanol–water partition coefficient (Wildman–Crippen LogP) is 5.19. The Bertz CT molecular complexity index is 1950. The first kappa shape index (κ1) is 31.5. The zero-order valence-electron chi connectivity index (χ0n) is 27.4. The standard InChI is InChI=1S/C33H37N9O5/c1-19-15-41(16-20(2)42(19)32(44)47-33(3,4)5)25-9-8-23(29-24(25)14-35-31(38-29)45-7)30(43)37-22-12-21-17-40(6)39-28(21)26(13-22)46-27-10-11-34-18-36-27/h8-14,17-20H,15-16H2,1-7H3,(H,37,43)/t19-,20+. The number of benzene rings is 2. The van der Waals surface area contributed by atoms with Gasteiger partial charge in [0.1, 0.15) is 17.4 Å². The maximum absolute atomic E-state index is 13.9. The minimum atomic E-state index is -0.591. The molecule has 0 saturated carbocycles. The van der Waals surface area contributed by atoms with E-state index >= 15 is 0 Å². The molecule has 2 amide bonds. The molecule has 244 valence electrons. The third-order valence-electron chi connectivity index (χ3n) is 7.71. The van der Waals surface area contributed by atoms with Crippen molar-refractivity contribution in [2.24, 2.45) is 7.05 Å². The van der Waals surface area contributed by atoms with Crippen molar-refractivity contribution >= 4 is 45.2 Å². The minimum Gasteiger partial charge on any atom is -0.467 e. The molecule has 0 bridgehead atoms. The molecule has 6 rings (SSSR count). The molecule has 0 spiro atoms. The highest BCUT2D eigenvalue weighted by Crippen LogP contribution is 2.35. The lowest BCUT2D eigenvalue weighted by molar-refractivity contribution is 0.00566. The Balaban J connectivity index is 1.31. The largest absolute Gasteiger partial charge is 0.467 e. The molecular weight excluding hydrogens is 602 g/mol. The molecule has 0 aliphatic carbocycles. The van der Waals surface area contributed by atoms with Crippen molar-refractivity contribution in [2.45, 2.75) is 52.3 Å². The maximum Gasteiger partial charge on any atom is 0.410 e. The second kappa shape index (κ2) is 12.3. The summed E-state index contributed by atoms with van der Waals surface area (Å²) in [5, 5.41) is 8.97. The molecule has 2 aromatic carbocycles. The van der Waals surface area contributed by atoms with Crippen LogP contribution in [0.4, 0.5) is 16.2 Å². The van der Waals surface area contributed by atoms with Crippen molar-refractivity contribution in [3.05, 3.63) is 60.8 Å². The van der Waals surface area contributed by atoms with E-state index in [0.29, 0.717) is 52.4 Å². The monoisotopic (exact) mass is 639 g/mol. The number of nitrogens with zero attached hydrogens (tertiary/aromatic N) is 8. The lowest BCUT2D eigenvalue weighted by atomic mass is 10.0. The van der Waals surface area contributed by atoms with E-state index in [2.05, 4.69) is 35.3 Å². The molecule has 5 aromatic rings. The zero-order chi connectivity index (χ0) is 33.5. The number of ether oxygens (including phenoxy) is 3. The fraction of sp³-hybridized carbons (Fsp3) is 0.364. The summed E-state index contributed by atoms with van der Waals surface area (Å²) in [5.41, 5.74) is 2.14. The third kappa shape index (κ3) is 6.57. The summed E-state index contributed by atoms with van der Waals surface area (Å²) >= 11 is 0. The first-order chi connectivity index (χ1) is 22.4. The van der Waals surface area contributed by atoms with Crippen LogP contribution >= 0.6 is 0 Å². The van der Waals surface area contributed by atoms with E-state index in [0.717, 1.165) is 11.1 Å². The van der Waals surface area contributed by atoms with Crippen LogP contribution < -0.4 is 19.7 Å². The Morgan fingerprint density at radius 1 is 1.02 bits per heavy atom. The highest BCUT2D eigenvalue weighted by Gasteiger charge is 2.36. The SMILES string of the molecule is COc1ncc2c(N3C[C@@H](C)N(C(=O)OC(C)(C)C)[C@@H](C)C3)ccc(C(=O)Nc3cc(Oc4ccncn4)c4nn(C)cc4c3)c2n1. The molecule has 0 unspecified atom stereocenters. The van der Waals surface area contributed by atoms with Crippen molar-refractivity contribution in [2.75, 3.05) is 30.4 Å². The number of amides is 2. The highest BCUT2D eigenvalue weighted by atomic mass is 16.6. The van der Waals surface area contributed by atoms with Crippen LogP contribution in [0.25, 0.3) is 21.8 Å². The van der Waals surface area contributed by atoms with Crippen molar-refractivity contribution in [3.63, 3.8) is 0 Å².